The largest absolute Gasteiger partial charge is 0.322 e. The summed E-state index contributed by atoms with van der Waals surface area (Å²) in [6.07, 6.45) is 0. The molecule has 0 radical (unpaired) electrons. The maximum atomic E-state index is 13.0. The Morgan fingerprint density at radius 1 is 0.471 bits per heavy atom. The van der Waals surface area contributed by atoms with Crippen LogP contribution in [0.2, 0.25) is 0 Å². The van der Waals surface area contributed by atoms with Gasteiger partial charge in [0.15, 0.2) is 0 Å². The maximum Gasteiger partial charge on any atom is 0.255 e. The highest BCUT2D eigenvalue weighted by atomic mass is 127. The Hall–Kier alpha value is -3.98. The number of anilines is 3. The summed E-state index contributed by atoms with van der Waals surface area (Å²) >= 11 is 2.19. The summed E-state index contributed by atoms with van der Waals surface area (Å²) in [6.45, 7) is 0. The van der Waals surface area contributed by atoms with Crippen LogP contribution in [0.25, 0.3) is 0 Å². The first-order chi connectivity index (χ1) is 16.5. The zero-order valence-corrected chi connectivity index (χ0v) is 20.1. The third-order valence-electron chi connectivity index (χ3n) is 4.88. The van der Waals surface area contributed by atoms with Crippen LogP contribution in [-0.2, 0) is 0 Å². The second-order valence-corrected chi connectivity index (χ2v) is 8.65. The Morgan fingerprint density at radius 2 is 0.882 bits per heavy atom. The fraction of sp³-hybridized carbons (Fsp3) is 0. The molecule has 0 fully saturated rings. The number of amides is 3. The van der Waals surface area contributed by atoms with Crippen LogP contribution in [0.5, 0.6) is 0 Å². The lowest BCUT2D eigenvalue weighted by Crippen LogP contribution is -2.17. The molecule has 7 heteroatoms. The van der Waals surface area contributed by atoms with Crippen molar-refractivity contribution in [1.82, 2.24) is 0 Å². The van der Waals surface area contributed by atoms with Gasteiger partial charge >= 0.3 is 0 Å². The van der Waals surface area contributed by atoms with Crippen LogP contribution >= 0.6 is 22.6 Å². The minimum absolute atomic E-state index is 0.285. The Kier molecular flexibility index (Phi) is 7.34. The lowest BCUT2D eigenvalue weighted by Gasteiger charge is -2.13. The minimum atomic E-state index is -0.368. The Morgan fingerprint density at radius 3 is 1.35 bits per heavy atom. The highest BCUT2D eigenvalue weighted by molar-refractivity contribution is 14.1. The number of carbonyl (C=O) groups excluding carboxylic acids is 3. The number of hydrogen-bond donors (Lipinski definition) is 3. The normalized spacial score (nSPS) is 10.3. The Balaban J connectivity index is 1.62. The zero-order chi connectivity index (χ0) is 23.9. The Bertz CT molecular complexity index is 1250. The third-order valence-corrected chi connectivity index (χ3v) is 5.60. The molecule has 0 saturated heterocycles. The number of benzene rings is 4. The second-order valence-electron chi connectivity index (χ2n) is 7.40. The van der Waals surface area contributed by atoms with Crippen molar-refractivity contribution in [2.24, 2.45) is 0 Å². The summed E-state index contributed by atoms with van der Waals surface area (Å²) in [5.74, 6) is -1.01. The molecule has 3 amide bonds. The number of hydrogen-bond acceptors (Lipinski definition) is 3. The quantitative estimate of drug-likeness (QED) is 0.251. The van der Waals surface area contributed by atoms with E-state index < -0.39 is 0 Å². The molecule has 0 spiro atoms. The van der Waals surface area contributed by atoms with Crippen LogP contribution in [0, 0.1) is 3.57 Å². The smallest absolute Gasteiger partial charge is 0.255 e. The van der Waals surface area contributed by atoms with E-state index in [2.05, 4.69) is 38.5 Å². The zero-order valence-electron chi connectivity index (χ0n) is 17.9. The lowest BCUT2D eigenvalue weighted by molar-refractivity contribution is 0.101. The van der Waals surface area contributed by atoms with Gasteiger partial charge < -0.3 is 16.0 Å². The van der Waals surface area contributed by atoms with Gasteiger partial charge in [0.1, 0.15) is 0 Å². The van der Waals surface area contributed by atoms with Crippen LogP contribution in [0.4, 0.5) is 17.1 Å². The molecule has 168 valence electrons. The highest BCUT2D eigenvalue weighted by Gasteiger charge is 2.14. The van der Waals surface area contributed by atoms with Gasteiger partial charge in [-0.1, -0.05) is 36.4 Å². The van der Waals surface area contributed by atoms with Gasteiger partial charge in [-0.2, -0.15) is 0 Å². The third kappa shape index (κ3) is 6.08. The highest BCUT2D eigenvalue weighted by Crippen LogP contribution is 2.22. The molecule has 0 bridgehead atoms. The number of rotatable bonds is 6. The second kappa shape index (κ2) is 10.8. The minimum Gasteiger partial charge on any atom is -0.322 e. The molecule has 0 aliphatic heterocycles. The van der Waals surface area contributed by atoms with Gasteiger partial charge in [-0.3, -0.25) is 14.4 Å². The molecule has 0 aliphatic carbocycles. The van der Waals surface area contributed by atoms with E-state index in [1.165, 1.54) is 0 Å². The molecule has 0 saturated carbocycles. The van der Waals surface area contributed by atoms with Crippen molar-refractivity contribution in [2.75, 3.05) is 16.0 Å². The van der Waals surface area contributed by atoms with Crippen molar-refractivity contribution in [2.45, 2.75) is 0 Å². The Labute approximate surface area is 210 Å². The van der Waals surface area contributed by atoms with Gasteiger partial charge in [0.2, 0.25) is 0 Å². The van der Waals surface area contributed by atoms with Crippen molar-refractivity contribution in [3.63, 3.8) is 0 Å². The van der Waals surface area contributed by atoms with E-state index in [1.807, 2.05) is 24.3 Å². The fourth-order valence-corrected chi connectivity index (χ4v) is 3.58. The molecule has 0 aromatic heterocycles. The summed E-state index contributed by atoms with van der Waals surface area (Å²) in [5, 5.41) is 8.46. The molecule has 0 atom stereocenters. The predicted octanol–water partition coefficient (Wildman–Crippen LogP) is 6.05. The van der Waals surface area contributed by atoms with Crippen LogP contribution in [0.3, 0.4) is 0 Å². The van der Waals surface area contributed by atoms with Crippen LogP contribution in [0.15, 0.2) is 103 Å². The molecule has 3 N–H and O–H groups in total. The molecule has 4 aromatic rings. The molecular weight excluding hydrogens is 541 g/mol. The molecule has 4 aromatic carbocycles. The summed E-state index contributed by atoms with van der Waals surface area (Å²) in [4.78, 5) is 38.3. The standard InChI is InChI=1S/C27H20IN3O3/c28-21-11-13-22(14-12-21)29-27(34)20-15-23(30-25(32)18-7-3-1-4-8-18)17-24(16-20)31-26(33)19-9-5-2-6-10-19/h1-17H,(H,29,34)(H,30,32)(H,31,33). The molecule has 0 unspecified atom stereocenters. The van der Waals surface area contributed by atoms with Gasteiger partial charge in [0.25, 0.3) is 17.7 Å². The van der Waals surface area contributed by atoms with Gasteiger partial charge in [0.05, 0.1) is 0 Å². The lowest BCUT2D eigenvalue weighted by atomic mass is 10.1. The summed E-state index contributed by atoms with van der Waals surface area (Å²) in [5.41, 5.74) is 2.64. The average molecular weight is 561 g/mol. The van der Waals surface area contributed by atoms with Crippen molar-refractivity contribution >= 4 is 57.4 Å². The topological polar surface area (TPSA) is 87.3 Å². The molecule has 4 rings (SSSR count). The summed E-state index contributed by atoms with van der Waals surface area (Å²) in [6, 6.07) is 29.6. The van der Waals surface area contributed by atoms with E-state index in [1.54, 1.807) is 78.9 Å². The summed E-state index contributed by atoms with van der Waals surface area (Å²) in [7, 11) is 0. The van der Waals surface area contributed by atoms with Crippen molar-refractivity contribution < 1.29 is 14.4 Å². The van der Waals surface area contributed by atoms with Gasteiger partial charge in [-0.05, 0) is 89.3 Å². The van der Waals surface area contributed by atoms with E-state index >= 15 is 0 Å². The van der Waals surface area contributed by atoms with Crippen LogP contribution < -0.4 is 16.0 Å². The monoisotopic (exact) mass is 561 g/mol. The average Bonchev–Trinajstić information content (AvgIpc) is 2.86. The SMILES string of the molecule is O=C(Nc1cc(NC(=O)c2ccccc2)cc(C(=O)Nc2ccc(I)cc2)c1)c1ccccc1. The summed E-state index contributed by atoms with van der Waals surface area (Å²) < 4.78 is 1.05. The number of nitrogens with one attached hydrogen (secondary N) is 3. The van der Waals surface area contributed by atoms with E-state index in [0.29, 0.717) is 28.2 Å². The molecular formula is C27H20IN3O3. The van der Waals surface area contributed by atoms with Crippen molar-refractivity contribution in [1.29, 1.82) is 0 Å². The maximum absolute atomic E-state index is 13.0. The first-order valence-electron chi connectivity index (χ1n) is 10.4. The van der Waals surface area contributed by atoms with Crippen molar-refractivity contribution in [3.8, 4) is 0 Å². The van der Waals surface area contributed by atoms with Gasteiger partial charge in [0, 0.05) is 37.3 Å². The first-order valence-corrected chi connectivity index (χ1v) is 11.5. The number of halogens is 1. The molecule has 6 nitrogen and oxygen atoms in total. The first kappa shape index (κ1) is 23.2. The number of carbonyl (C=O) groups is 3. The van der Waals surface area contributed by atoms with Crippen LogP contribution in [-0.4, -0.2) is 17.7 Å². The molecule has 0 heterocycles. The van der Waals surface area contributed by atoms with Gasteiger partial charge in [-0.25, -0.2) is 0 Å². The fourth-order valence-electron chi connectivity index (χ4n) is 3.23. The van der Waals surface area contributed by atoms with Crippen LogP contribution in [0.1, 0.15) is 31.1 Å². The molecule has 0 aliphatic rings. The molecule has 34 heavy (non-hydrogen) atoms. The van der Waals surface area contributed by atoms with E-state index in [0.717, 1.165) is 3.57 Å². The van der Waals surface area contributed by atoms with E-state index in [-0.39, 0.29) is 23.3 Å². The van der Waals surface area contributed by atoms with E-state index in [9.17, 15) is 14.4 Å². The van der Waals surface area contributed by atoms with Gasteiger partial charge in [-0.15, -0.1) is 0 Å². The predicted molar refractivity (Wildman–Crippen MR) is 142 cm³/mol. The van der Waals surface area contributed by atoms with E-state index in [4.69, 9.17) is 0 Å². The van der Waals surface area contributed by atoms with Crippen molar-refractivity contribution in [3.05, 3.63) is 123 Å².